The molecule has 124 valence electrons. The number of carbonyl (C=O) groups is 3. The summed E-state index contributed by atoms with van der Waals surface area (Å²) in [6.07, 6.45) is -0.358. The standard InChI is InChI=1S/C18H18N2O4/c1-12-6-5-7-13(10-12)19-16(21)11-17(22)20-15-9-4-3-8-14(15)18(23)24-2/h3-10H,11H2,1-2H3,(H,19,21)(H,20,22). The highest BCUT2D eigenvalue weighted by Gasteiger charge is 2.15. The lowest BCUT2D eigenvalue weighted by atomic mass is 10.1. The Balaban J connectivity index is 1.98. The summed E-state index contributed by atoms with van der Waals surface area (Å²) in [6.45, 7) is 1.91. The number of rotatable bonds is 5. The van der Waals surface area contributed by atoms with E-state index in [0.717, 1.165) is 5.56 Å². The number of aryl methyl sites for hydroxylation is 1. The molecule has 6 heteroatoms. The monoisotopic (exact) mass is 326 g/mol. The van der Waals surface area contributed by atoms with Crippen molar-refractivity contribution in [3.8, 4) is 0 Å². The maximum absolute atomic E-state index is 12.0. The fourth-order valence-corrected chi connectivity index (χ4v) is 2.15. The zero-order chi connectivity index (χ0) is 17.5. The molecule has 0 radical (unpaired) electrons. The number of methoxy groups -OCH3 is 1. The van der Waals surface area contributed by atoms with E-state index in [4.69, 9.17) is 0 Å². The number of carbonyl (C=O) groups excluding carboxylic acids is 3. The first-order valence-corrected chi connectivity index (χ1v) is 7.33. The molecule has 0 fully saturated rings. The lowest BCUT2D eigenvalue weighted by molar-refractivity contribution is -0.123. The van der Waals surface area contributed by atoms with Crippen LogP contribution in [0, 0.1) is 6.92 Å². The van der Waals surface area contributed by atoms with Crippen LogP contribution in [0.1, 0.15) is 22.3 Å². The molecule has 0 atom stereocenters. The molecule has 0 unspecified atom stereocenters. The summed E-state index contributed by atoms with van der Waals surface area (Å²) in [5.41, 5.74) is 2.16. The Morgan fingerprint density at radius 3 is 2.38 bits per heavy atom. The average molecular weight is 326 g/mol. The summed E-state index contributed by atoms with van der Waals surface area (Å²) in [5, 5.41) is 5.21. The van der Waals surface area contributed by atoms with Gasteiger partial charge in [-0.3, -0.25) is 9.59 Å². The molecule has 6 nitrogen and oxygen atoms in total. The molecule has 2 aromatic rings. The Morgan fingerprint density at radius 2 is 1.67 bits per heavy atom. The Labute approximate surface area is 139 Å². The van der Waals surface area contributed by atoms with E-state index in [9.17, 15) is 14.4 Å². The van der Waals surface area contributed by atoms with Crippen LogP contribution in [0.3, 0.4) is 0 Å². The van der Waals surface area contributed by atoms with Crippen molar-refractivity contribution in [3.63, 3.8) is 0 Å². The lowest BCUT2D eigenvalue weighted by Gasteiger charge is -2.10. The fourth-order valence-electron chi connectivity index (χ4n) is 2.15. The molecule has 2 rings (SSSR count). The molecule has 2 amide bonds. The molecule has 0 aromatic heterocycles. The van der Waals surface area contributed by atoms with Crippen LogP contribution >= 0.6 is 0 Å². The summed E-state index contributed by atoms with van der Waals surface area (Å²) in [7, 11) is 1.26. The number of anilines is 2. The highest BCUT2D eigenvalue weighted by Crippen LogP contribution is 2.16. The van der Waals surface area contributed by atoms with E-state index in [0.29, 0.717) is 11.4 Å². The van der Waals surface area contributed by atoms with Gasteiger partial charge in [0.1, 0.15) is 6.42 Å². The van der Waals surface area contributed by atoms with E-state index < -0.39 is 17.8 Å². The third-order valence-corrected chi connectivity index (χ3v) is 3.23. The third kappa shape index (κ3) is 4.67. The first kappa shape index (κ1) is 17.2. The topological polar surface area (TPSA) is 84.5 Å². The van der Waals surface area contributed by atoms with Gasteiger partial charge in [-0.05, 0) is 36.8 Å². The smallest absolute Gasteiger partial charge is 0.339 e. The van der Waals surface area contributed by atoms with Crippen LogP contribution in [-0.2, 0) is 14.3 Å². The Kier molecular flexibility index (Phi) is 5.68. The predicted octanol–water partition coefficient (Wildman–Crippen LogP) is 2.75. The molecule has 0 bridgehead atoms. The Bertz CT molecular complexity index is 771. The van der Waals surface area contributed by atoms with Crippen LogP contribution in [-0.4, -0.2) is 24.9 Å². The minimum atomic E-state index is -0.560. The van der Waals surface area contributed by atoms with Crippen LogP contribution in [0.25, 0.3) is 0 Å². The number of esters is 1. The molecule has 0 aliphatic rings. The summed E-state index contributed by atoms with van der Waals surface area (Å²) in [5.74, 6) is -1.51. The number of hydrogen-bond acceptors (Lipinski definition) is 4. The van der Waals surface area contributed by atoms with Crippen LogP contribution in [0.2, 0.25) is 0 Å². The van der Waals surface area contributed by atoms with Gasteiger partial charge in [-0.15, -0.1) is 0 Å². The summed E-state index contributed by atoms with van der Waals surface area (Å²) in [4.78, 5) is 35.6. The Morgan fingerprint density at radius 1 is 0.958 bits per heavy atom. The first-order chi connectivity index (χ1) is 11.5. The van der Waals surface area contributed by atoms with Crippen LogP contribution < -0.4 is 10.6 Å². The normalized spacial score (nSPS) is 9.92. The molecule has 0 spiro atoms. The van der Waals surface area contributed by atoms with Gasteiger partial charge < -0.3 is 15.4 Å². The van der Waals surface area contributed by atoms with Crippen molar-refractivity contribution in [1.82, 2.24) is 0 Å². The van der Waals surface area contributed by atoms with Crippen molar-refractivity contribution in [2.75, 3.05) is 17.7 Å². The van der Waals surface area contributed by atoms with Crippen molar-refractivity contribution >= 4 is 29.2 Å². The number of hydrogen-bond donors (Lipinski definition) is 2. The van der Waals surface area contributed by atoms with Crippen molar-refractivity contribution in [3.05, 3.63) is 59.7 Å². The highest BCUT2D eigenvalue weighted by molar-refractivity contribution is 6.09. The van der Waals surface area contributed by atoms with E-state index in [2.05, 4.69) is 15.4 Å². The minimum Gasteiger partial charge on any atom is -0.465 e. The SMILES string of the molecule is COC(=O)c1ccccc1NC(=O)CC(=O)Nc1cccc(C)c1. The van der Waals surface area contributed by atoms with E-state index in [1.807, 2.05) is 25.1 Å². The molecule has 0 aliphatic carbocycles. The number of ether oxygens (including phenoxy) is 1. The van der Waals surface area contributed by atoms with Gasteiger partial charge in [0.05, 0.1) is 18.4 Å². The van der Waals surface area contributed by atoms with Gasteiger partial charge in [0.25, 0.3) is 0 Å². The molecule has 0 heterocycles. The number of para-hydroxylation sites is 1. The lowest BCUT2D eigenvalue weighted by Crippen LogP contribution is -2.22. The number of nitrogens with one attached hydrogen (secondary N) is 2. The second kappa shape index (κ2) is 7.92. The molecule has 0 saturated carbocycles. The van der Waals surface area contributed by atoms with Gasteiger partial charge in [-0.25, -0.2) is 4.79 Å². The number of benzene rings is 2. The fraction of sp³-hybridized carbons (Fsp3) is 0.167. The molecule has 2 N–H and O–H groups in total. The van der Waals surface area contributed by atoms with Crippen molar-refractivity contribution in [2.24, 2.45) is 0 Å². The Hall–Kier alpha value is -3.15. The number of amides is 2. The summed E-state index contributed by atoms with van der Waals surface area (Å²) < 4.78 is 4.66. The van der Waals surface area contributed by atoms with Gasteiger partial charge in [-0.2, -0.15) is 0 Å². The van der Waals surface area contributed by atoms with E-state index in [1.165, 1.54) is 13.2 Å². The largest absolute Gasteiger partial charge is 0.465 e. The first-order valence-electron chi connectivity index (χ1n) is 7.33. The van der Waals surface area contributed by atoms with E-state index in [1.54, 1.807) is 24.3 Å². The predicted molar refractivity (Wildman–Crippen MR) is 90.8 cm³/mol. The van der Waals surface area contributed by atoms with Crippen LogP contribution in [0.15, 0.2) is 48.5 Å². The summed E-state index contributed by atoms with van der Waals surface area (Å²) in [6, 6.07) is 13.7. The maximum Gasteiger partial charge on any atom is 0.339 e. The maximum atomic E-state index is 12.0. The molecule has 0 saturated heterocycles. The second-order valence-corrected chi connectivity index (χ2v) is 5.18. The molecular weight excluding hydrogens is 308 g/mol. The van der Waals surface area contributed by atoms with Gasteiger partial charge in [0.2, 0.25) is 11.8 Å². The summed E-state index contributed by atoms with van der Waals surface area (Å²) >= 11 is 0. The molecule has 24 heavy (non-hydrogen) atoms. The second-order valence-electron chi connectivity index (χ2n) is 5.18. The van der Waals surface area contributed by atoms with Gasteiger partial charge in [-0.1, -0.05) is 24.3 Å². The van der Waals surface area contributed by atoms with Gasteiger partial charge >= 0.3 is 5.97 Å². The quantitative estimate of drug-likeness (QED) is 0.653. The van der Waals surface area contributed by atoms with Gasteiger partial charge in [0.15, 0.2) is 0 Å². The van der Waals surface area contributed by atoms with Crippen LogP contribution in [0.5, 0.6) is 0 Å². The van der Waals surface area contributed by atoms with Crippen molar-refractivity contribution in [1.29, 1.82) is 0 Å². The third-order valence-electron chi connectivity index (χ3n) is 3.23. The molecule has 0 aliphatic heterocycles. The highest BCUT2D eigenvalue weighted by atomic mass is 16.5. The van der Waals surface area contributed by atoms with Crippen LogP contribution in [0.4, 0.5) is 11.4 Å². The average Bonchev–Trinajstić information content (AvgIpc) is 2.54. The zero-order valence-electron chi connectivity index (χ0n) is 13.5. The molecular formula is C18H18N2O4. The van der Waals surface area contributed by atoms with Crippen molar-refractivity contribution in [2.45, 2.75) is 13.3 Å². The van der Waals surface area contributed by atoms with Crippen molar-refractivity contribution < 1.29 is 19.1 Å². The van der Waals surface area contributed by atoms with E-state index in [-0.39, 0.29) is 12.0 Å². The minimum absolute atomic E-state index is 0.229. The van der Waals surface area contributed by atoms with Gasteiger partial charge in [0, 0.05) is 5.69 Å². The zero-order valence-corrected chi connectivity index (χ0v) is 13.5. The molecule has 2 aromatic carbocycles. The van der Waals surface area contributed by atoms with E-state index >= 15 is 0 Å².